The average molecular weight is 221 g/mol. The fourth-order valence-corrected chi connectivity index (χ4v) is 2.32. The number of aromatic nitrogens is 2. The number of ether oxygens (including phenoxy) is 1. The number of nitrogens with zero attached hydrogens (tertiary/aromatic N) is 2. The number of hydrogen-bond donors (Lipinski definition) is 1. The lowest BCUT2D eigenvalue weighted by atomic mass is 9.97. The number of nitrogens with one attached hydrogen (secondary N) is 1. The van der Waals surface area contributed by atoms with E-state index in [1.165, 1.54) is 24.1 Å². The Morgan fingerprint density at radius 2 is 2.38 bits per heavy atom. The minimum Gasteiger partial charge on any atom is -0.380 e. The van der Waals surface area contributed by atoms with E-state index in [2.05, 4.69) is 16.6 Å². The van der Waals surface area contributed by atoms with Crippen molar-refractivity contribution >= 4 is 0 Å². The van der Waals surface area contributed by atoms with E-state index in [9.17, 15) is 0 Å². The van der Waals surface area contributed by atoms with E-state index in [4.69, 9.17) is 4.74 Å². The van der Waals surface area contributed by atoms with Gasteiger partial charge in [-0.25, -0.2) is 0 Å². The summed E-state index contributed by atoms with van der Waals surface area (Å²) in [7, 11) is 1.99. The van der Waals surface area contributed by atoms with Gasteiger partial charge in [0, 0.05) is 44.4 Å². The molecular weight excluding hydrogens is 202 g/mol. The van der Waals surface area contributed by atoms with Crippen LogP contribution in [-0.4, -0.2) is 29.5 Å². The van der Waals surface area contributed by atoms with Crippen molar-refractivity contribution in [1.82, 2.24) is 15.1 Å². The largest absolute Gasteiger partial charge is 0.380 e. The predicted molar refractivity (Wildman–Crippen MR) is 61.2 cm³/mol. The maximum absolute atomic E-state index is 5.79. The molecule has 1 N–H and O–H groups in total. The van der Waals surface area contributed by atoms with Gasteiger partial charge in [0.05, 0.1) is 12.3 Å². The molecule has 0 spiro atoms. The molecule has 1 atom stereocenters. The third-order valence-corrected chi connectivity index (χ3v) is 3.43. The smallest absolute Gasteiger partial charge is 0.0798 e. The van der Waals surface area contributed by atoms with Gasteiger partial charge in [-0.05, 0) is 18.8 Å². The Hall–Kier alpha value is -0.870. The van der Waals surface area contributed by atoms with E-state index >= 15 is 0 Å². The first kappa shape index (κ1) is 10.3. The van der Waals surface area contributed by atoms with Crippen LogP contribution in [0.1, 0.15) is 30.0 Å². The molecule has 0 aromatic carbocycles. The quantitative estimate of drug-likeness (QED) is 0.825. The monoisotopic (exact) mass is 221 g/mol. The summed E-state index contributed by atoms with van der Waals surface area (Å²) >= 11 is 0. The van der Waals surface area contributed by atoms with Crippen molar-refractivity contribution in [3.05, 3.63) is 17.5 Å². The van der Waals surface area contributed by atoms with E-state index in [1.54, 1.807) is 0 Å². The zero-order valence-corrected chi connectivity index (χ0v) is 9.78. The highest BCUT2D eigenvalue weighted by molar-refractivity contribution is 5.25. The van der Waals surface area contributed by atoms with E-state index in [-0.39, 0.29) is 0 Å². The van der Waals surface area contributed by atoms with Crippen LogP contribution in [0, 0.1) is 5.92 Å². The maximum atomic E-state index is 5.79. The molecular formula is C12H19N3O. The highest BCUT2D eigenvalue weighted by Crippen LogP contribution is 2.30. The Labute approximate surface area is 96.0 Å². The van der Waals surface area contributed by atoms with Crippen LogP contribution in [0.5, 0.6) is 0 Å². The predicted octanol–water partition coefficient (Wildman–Crippen LogP) is 1.03. The Morgan fingerprint density at radius 3 is 3.19 bits per heavy atom. The number of rotatable bonds is 4. The molecule has 1 unspecified atom stereocenters. The Kier molecular flexibility index (Phi) is 2.69. The minimum atomic E-state index is 0.483. The lowest BCUT2D eigenvalue weighted by Crippen LogP contribution is -2.30. The summed E-state index contributed by atoms with van der Waals surface area (Å²) in [6.45, 7) is 3.70. The van der Waals surface area contributed by atoms with Crippen molar-refractivity contribution in [3.8, 4) is 0 Å². The number of aryl methyl sites for hydroxylation is 1. The first-order valence-corrected chi connectivity index (χ1v) is 6.14. The fourth-order valence-electron chi connectivity index (χ4n) is 2.32. The molecule has 16 heavy (non-hydrogen) atoms. The van der Waals surface area contributed by atoms with E-state index in [0.29, 0.717) is 5.92 Å². The normalized spacial score (nSPS) is 24.4. The van der Waals surface area contributed by atoms with Crippen molar-refractivity contribution in [1.29, 1.82) is 0 Å². The van der Waals surface area contributed by atoms with Crippen molar-refractivity contribution in [2.45, 2.75) is 25.3 Å². The molecule has 1 aliphatic carbocycles. The van der Waals surface area contributed by atoms with Crippen LogP contribution in [0.3, 0.4) is 0 Å². The maximum Gasteiger partial charge on any atom is 0.0798 e. The molecule has 3 rings (SSSR count). The SMILES string of the molecule is Cn1cc2c(n1)CNCC2COCC1CC1. The van der Waals surface area contributed by atoms with Crippen molar-refractivity contribution in [3.63, 3.8) is 0 Å². The highest BCUT2D eigenvalue weighted by atomic mass is 16.5. The molecule has 1 aliphatic heterocycles. The summed E-state index contributed by atoms with van der Waals surface area (Å²) in [4.78, 5) is 0. The van der Waals surface area contributed by atoms with Crippen LogP contribution in [0.25, 0.3) is 0 Å². The summed E-state index contributed by atoms with van der Waals surface area (Å²) in [5, 5.41) is 7.86. The molecule has 4 nitrogen and oxygen atoms in total. The van der Waals surface area contributed by atoms with E-state index < -0.39 is 0 Å². The van der Waals surface area contributed by atoms with Crippen molar-refractivity contribution in [2.24, 2.45) is 13.0 Å². The molecule has 2 aliphatic rings. The van der Waals surface area contributed by atoms with Crippen LogP contribution in [0.4, 0.5) is 0 Å². The van der Waals surface area contributed by atoms with Gasteiger partial charge in [-0.3, -0.25) is 4.68 Å². The third-order valence-electron chi connectivity index (χ3n) is 3.43. The fraction of sp³-hybridized carbons (Fsp3) is 0.750. The second-order valence-corrected chi connectivity index (χ2v) is 5.01. The summed E-state index contributed by atoms with van der Waals surface area (Å²) in [5.41, 5.74) is 2.56. The Bertz CT molecular complexity index is 370. The lowest BCUT2D eigenvalue weighted by Gasteiger charge is -2.22. The van der Waals surface area contributed by atoms with Crippen LogP contribution in [0.15, 0.2) is 6.20 Å². The van der Waals surface area contributed by atoms with E-state index in [0.717, 1.165) is 32.2 Å². The zero-order valence-electron chi connectivity index (χ0n) is 9.78. The second kappa shape index (κ2) is 4.18. The minimum absolute atomic E-state index is 0.483. The highest BCUT2D eigenvalue weighted by Gasteiger charge is 2.25. The summed E-state index contributed by atoms with van der Waals surface area (Å²) < 4.78 is 7.69. The van der Waals surface area contributed by atoms with Crippen molar-refractivity contribution in [2.75, 3.05) is 19.8 Å². The molecule has 0 bridgehead atoms. The van der Waals surface area contributed by atoms with Gasteiger partial charge in [0.25, 0.3) is 0 Å². The van der Waals surface area contributed by atoms with Crippen LogP contribution in [-0.2, 0) is 18.3 Å². The Balaban J connectivity index is 1.61. The lowest BCUT2D eigenvalue weighted by molar-refractivity contribution is 0.108. The summed E-state index contributed by atoms with van der Waals surface area (Å²) in [6.07, 6.45) is 4.86. The molecule has 2 heterocycles. The molecule has 1 aromatic rings. The van der Waals surface area contributed by atoms with Gasteiger partial charge in [-0.15, -0.1) is 0 Å². The average Bonchev–Trinajstić information content (AvgIpc) is 2.99. The van der Waals surface area contributed by atoms with E-state index in [1.807, 2.05) is 11.7 Å². The van der Waals surface area contributed by atoms with Crippen LogP contribution < -0.4 is 5.32 Å². The molecule has 0 amide bonds. The van der Waals surface area contributed by atoms with Gasteiger partial charge in [0.2, 0.25) is 0 Å². The first-order chi connectivity index (χ1) is 7.83. The molecule has 88 valence electrons. The number of hydrogen-bond acceptors (Lipinski definition) is 3. The molecule has 1 fully saturated rings. The summed E-state index contributed by atoms with van der Waals surface area (Å²) in [6, 6.07) is 0. The topological polar surface area (TPSA) is 39.1 Å². The standard InChI is InChI=1S/C12H19N3O/c1-15-6-11-10(4-13-5-12(11)14-15)8-16-7-9-2-3-9/h6,9-10,13H,2-5,7-8H2,1H3. The van der Waals surface area contributed by atoms with Crippen LogP contribution in [0.2, 0.25) is 0 Å². The summed E-state index contributed by atoms with van der Waals surface area (Å²) in [5.74, 6) is 1.33. The molecule has 0 radical (unpaired) electrons. The molecule has 0 saturated heterocycles. The van der Waals surface area contributed by atoms with Gasteiger partial charge in [0.1, 0.15) is 0 Å². The van der Waals surface area contributed by atoms with Crippen LogP contribution >= 0.6 is 0 Å². The molecule has 1 aromatic heterocycles. The van der Waals surface area contributed by atoms with Gasteiger partial charge in [-0.2, -0.15) is 5.10 Å². The first-order valence-electron chi connectivity index (χ1n) is 6.14. The van der Waals surface area contributed by atoms with Gasteiger partial charge < -0.3 is 10.1 Å². The van der Waals surface area contributed by atoms with Gasteiger partial charge in [-0.1, -0.05) is 0 Å². The van der Waals surface area contributed by atoms with Gasteiger partial charge in [0.15, 0.2) is 0 Å². The third kappa shape index (κ3) is 2.13. The second-order valence-electron chi connectivity index (χ2n) is 5.01. The zero-order chi connectivity index (χ0) is 11.0. The molecule has 1 saturated carbocycles. The molecule has 4 heteroatoms. The Morgan fingerprint density at radius 1 is 1.50 bits per heavy atom. The van der Waals surface area contributed by atoms with Crippen molar-refractivity contribution < 1.29 is 4.74 Å². The van der Waals surface area contributed by atoms with Gasteiger partial charge >= 0.3 is 0 Å². The number of fused-ring (bicyclic) bond motifs is 1.